The lowest BCUT2D eigenvalue weighted by atomic mass is 10.1. The Morgan fingerprint density at radius 3 is 2.76 bits per heavy atom. The number of hydrogen-bond acceptors (Lipinski definition) is 3. The van der Waals surface area contributed by atoms with Crippen LogP contribution in [0.4, 0.5) is 0 Å². The number of hydrogen-bond donors (Lipinski definition) is 1. The molecule has 3 aromatic rings. The van der Waals surface area contributed by atoms with Gasteiger partial charge in [0.25, 0.3) is 0 Å². The Hall–Kier alpha value is -2.33. The fourth-order valence-electron chi connectivity index (χ4n) is 3.10. The van der Waals surface area contributed by atoms with Crippen molar-refractivity contribution in [2.24, 2.45) is 0 Å². The molecule has 1 N–H and O–H groups in total. The van der Waals surface area contributed by atoms with E-state index in [0.717, 1.165) is 34.6 Å². The van der Waals surface area contributed by atoms with Crippen LogP contribution in [0.3, 0.4) is 0 Å². The summed E-state index contributed by atoms with van der Waals surface area (Å²) in [6.07, 6.45) is 1.09. The molecule has 4 nitrogen and oxygen atoms in total. The van der Waals surface area contributed by atoms with Crippen molar-refractivity contribution in [3.05, 3.63) is 59.4 Å². The maximum atomic E-state index is 10.5. The zero-order chi connectivity index (χ0) is 17.8. The predicted molar refractivity (Wildman–Crippen MR) is 101 cm³/mol. The minimum atomic E-state index is -0.543. The van der Waals surface area contributed by atoms with Crippen LogP contribution >= 0.6 is 0 Å². The molecule has 0 aliphatic carbocycles. The Labute approximate surface area is 149 Å². The summed E-state index contributed by atoms with van der Waals surface area (Å²) in [6, 6.07) is 14.2. The molecular formula is C21H26N2O2. The standard InChI is InChI=1S/C21H26N2O2/c1-4-7-19(24)21-22-17-8-5-6-9-18(17)23(21)12-13-25-20-14-15(2)10-11-16(20)3/h5-6,8-11,14,19,24H,4,7,12-13H2,1-3H3/t19-/m1/s1. The Morgan fingerprint density at radius 1 is 1.16 bits per heavy atom. The summed E-state index contributed by atoms with van der Waals surface area (Å²) in [6.45, 7) is 7.38. The average Bonchev–Trinajstić information content (AvgIpc) is 2.97. The van der Waals surface area contributed by atoms with Crippen molar-refractivity contribution >= 4 is 11.0 Å². The number of aliphatic hydroxyl groups excluding tert-OH is 1. The van der Waals surface area contributed by atoms with Gasteiger partial charge in [-0.3, -0.25) is 0 Å². The van der Waals surface area contributed by atoms with E-state index in [4.69, 9.17) is 4.74 Å². The van der Waals surface area contributed by atoms with Crippen LogP contribution in [-0.2, 0) is 6.54 Å². The molecule has 0 aliphatic heterocycles. The van der Waals surface area contributed by atoms with Crippen LogP contribution in [0.5, 0.6) is 5.75 Å². The van der Waals surface area contributed by atoms with Gasteiger partial charge in [0.05, 0.1) is 17.6 Å². The van der Waals surface area contributed by atoms with Crippen molar-refractivity contribution in [1.29, 1.82) is 0 Å². The first kappa shape index (κ1) is 17.5. The number of aryl methyl sites for hydroxylation is 2. The van der Waals surface area contributed by atoms with E-state index in [1.807, 2.05) is 24.3 Å². The van der Waals surface area contributed by atoms with Crippen molar-refractivity contribution in [2.75, 3.05) is 6.61 Å². The van der Waals surface area contributed by atoms with Gasteiger partial charge in [-0.2, -0.15) is 0 Å². The van der Waals surface area contributed by atoms with Gasteiger partial charge >= 0.3 is 0 Å². The van der Waals surface area contributed by atoms with Crippen molar-refractivity contribution in [3.63, 3.8) is 0 Å². The van der Waals surface area contributed by atoms with Crippen molar-refractivity contribution in [3.8, 4) is 5.75 Å². The second-order valence-corrected chi connectivity index (χ2v) is 6.53. The lowest BCUT2D eigenvalue weighted by molar-refractivity contribution is 0.151. The van der Waals surface area contributed by atoms with Gasteiger partial charge in [-0.25, -0.2) is 4.98 Å². The fourth-order valence-corrected chi connectivity index (χ4v) is 3.10. The smallest absolute Gasteiger partial charge is 0.138 e. The van der Waals surface area contributed by atoms with Crippen LogP contribution in [-0.4, -0.2) is 21.3 Å². The van der Waals surface area contributed by atoms with Gasteiger partial charge in [-0.15, -0.1) is 0 Å². The second kappa shape index (κ2) is 7.70. The molecule has 0 amide bonds. The Kier molecular flexibility index (Phi) is 5.39. The quantitative estimate of drug-likeness (QED) is 0.687. The molecule has 3 rings (SSSR count). The highest BCUT2D eigenvalue weighted by atomic mass is 16.5. The first-order valence-electron chi connectivity index (χ1n) is 8.93. The third kappa shape index (κ3) is 3.85. The normalized spacial score (nSPS) is 12.5. The van der Waals surface area contributed by atoms with Gasteiger partial charge in [0.2, 0.25) is 0 Å². The summed E-state index contributed by atoms with van der Waals surface area (Å²) >= 11 is 0. The van der Waals surface area contributed by atoms with E-state index in [1.54, 1.807) is 0 Å². The third-order valence-corrected chi connectivity index (χ3v) is 4.46. The average molecular weight is 338 g/mol. The Balaban J connectivity index is 1.82. The first-order chi connectivity index (χ1) is 12.1. The molecule has 0 aliphatic rings. The van der Waals surface area contributed by atoms with E-state index in [0.29, 0.717) is 19.6 Å². The first-order valence-corrected chi connectivity index (χ1v) is 8.93. The molecule has 0 bridgehead atoms. The summed E-state index contributed by atoms with van der Waals surface area (Å²) in [5, 5.41) is 10.5. The highest BCUT2D eigenvalue weighted by molar-refractivity contribution is 5.76. The maximum Gasteiger partial charge on any atom is 0.138 e. The Bertz CT molecular complexity index is 854. The topological polar surface area (TPSA) is 47.3 Å². The molecule has 1 atom stereocenters. The van der Waals surface area contributed by atoms with Crippen LogP contribution in [0, 0.1) is 13.8 Å². The zero-order valence-electron chi connectivity index (χ0n) is 15.2. The summed E-state index contributed by atoms with van der Waals surface area (Å²) in [7, 11) is 0. The van der Waals surface area contributed by atoms with E-state index >= 15 is 0 Å². The van der Waals surface area contributed by atoms with E-state index in [-0.39, 0.29) is 0 Å². The number of imidazole rings is 1. The summed E-state index contributed by atoms with van der Waals surface area (Å²) in [5.41, 5.74) is 4.27. The molecule has 4 heteroatoms. The minimum absolute atomic E-state index is 0.538. The SMILES string of the molecule is CCC[C@@H](O)c1nc2ccccc2n1CCOc1cc(C)ccc1C. The van der Waals surface area contributed by atoms with Crippen molar-refractivity contribution in [1.82, 2.24) is 9.55 Å². The fraction of sp³-hybridized carbons (Fsp3) is 0.381. The van der Waals surface area contributed by atoms with Crippen molar-refractivity contribution in [2.45, 2.75) is 46.3 Å². The molecule has 0 fully saturated rings. The molecular weight excluding hydrogens is 312 g/mol. The maximum absolute atomic E-state index is 10.5. The second-order valence-electron chi connectivity index (χ2n) is 6.53. The van der Waals surface area contributed by atoms with E-state index < -0.39 is 6.10 Å². The third-order valence-electron chi connectivity index (χ3n) is 4.46. The lowest BCUT2D eigenvalue weighted by Gasteiger charge is -2.15. The number of aliphatic hydroxyl groups is 1. The summed E-state index contributed by atoms with van der Waals surface area (Å²) in [4.78, 5) is 4.65. The van der Waals surface area contributed by atoms with Gasteiger partial charge in [0, 0.05) is 0 Å². The van der Waals surface area contributed by atoms with Gasteiger partial charge in [0.1, 0.15) is 24.3 Å². The molecule has 25 heavy (non-hydrogen) atoms. The molecule has 1 heterocycles. The molecule has 0 radical (unpaired) electrons. The monoisotopic (exact) mass is 338 g/mol. The van der Waals surface area contributed by atoms with Crippen LogP contribution in [0.1, 0.15) is 42.8 Å². The number of rotatable bonds is 7. The van der Waals surface area contributed by atoms with Gasteiger partial charge < -0.3 is 14.4 Å². The summed E-state index contributed by atoms with van der Waals surface area (Å²) < 4.78 is 8.09. The molecule has 0 spiro atoms. The van der Waals surface area contributed by atoms with Gasteiger partial charge in [-0.1, -0.05) is 37.6 Å². The number of nitrogens with zero attached hydrogens (tertiary/aromatic N) is 2. The number of ether oxygens (including phenoxy) is 1. The number of benzene rings is 2. The minimum Gasteiger partial charge on any atom is -0.491 e. The highest BCUT2D eigenvalue weighted by Crippen LogP contribution is 2.24. The van der Waals surface area contributed by atoms with Crippen molar-refractivity contribution < 1.29 is 9.84 Å². The number of para-hydroxylation sites is 2. The Morgan fingerprint density at radius 2 is 1.96 bits per heavy atom. The van der Waals surface area contributed by atoms with Gasteiger partial charge in [-0.05, 0) is 49.6 Å². The van der Waals surface area contributed by atoms with E-state index in [1.165, 1.54) is 5.56 Å². The number of aromatic nitrogens is 2. The molecule has 0 unspecified atom stereocenters. The number of fused-ring (bicyclic) bond motifs is 1. The van der Waals surface area contributed by atoms with Crippen LogP contribution in [0.25, 0.3) is 11.0 Å². The molecule has 2 aromatic carbocycles. The molecule has 0 saturated carbocycles. The van der Waals surface area contributed by atoms with Crippen LogP contribution in [0.2, 0.25) is 0 Å². The highest BCUT2D eigenvalue weighted by Gasteiger charge is 2.17. The van der Waals surface area contributed by atoms with Crippen LogP contribution in [0.15, 0.2) is 42.5 Å². The molecule has 0 saturated heterocycles. The molecule has 132 valence electrons. The zero-order valence-corrected chi connectivity index (χ0v) is 15.2. The van der Waals surface area contributed by atoms with E-state index in [2.05, 4.69) is 48.5 Å². The molecule has 1 aromatic heterocycles. The lowest BCUT2D eigenvalue weighted by Crippen LogP contribution is -2.14. The van der Waals surface area contributed by atoms with Crippen LogP contribution < -0.4 is 4.74 Å². The predicted octanol–water partition coefficient (Wildman–Crippen LogP) is 4.57. The largest absolute Gasteiger partial charge is 0.491 e. The van der Waals surface area contributed by atoms with E-state index in [9.17, 15) is 5.11 Å². The van der Waals surface area contributed by atoms with Gasteiger partial charge in [0.15, 0.2) is 0 Å². The summed E-state index contributed by atoms with van der Waals surface area (Å²) in [5.74, 6) is 1.65.